The highest BCUT2D eigenvalue weighted by atomic mass is 19.3. The largest absolute Gasteiger partial charge is 0.488 e. The summed E-state index contributed by atoms with van der Waals surface area (Å²) in [5.74, 6) is -0.947. The Bertz CT molecular complexity index is 691. The number of hydrogen-bond acceptors (Lipinski definition) is 4. The van der Waals surface area contributed by atoms with Crippen molar-refractivity contribution in [1.29, 1.82) is 0 Å². The molecular weight excluding hydrogens is 382 g/mol. The number of allylic oxidation sites excluding steroid dienone is 2. The van der Waals surface area contributed by atoms with E-state index in [1.54, 1.807) is 0 Å². The van der Waals surface area contributed by atoms with E-state index in [0.717, 1.165) is 6.42 Å². The van der Waals surface area contributed by atoms with Crippen LogP contribution in [-0.4, -0.2) is 45.5 Å². The summed E-state index contributed by atoms with van der Waals surface area (Å²) in [6.07, 6.45) is 3.28. The lowest BCUT2D eigenvalue weighted by molar-refractivity contribution is -0.137. The van der Waals surface area contributed by atoms with E-state index in [0.29, 0.717) is 6.42 Å². The van der Waals surface area contributed by atoms with Gasteiger partial charge in [-0.2, -0.15) is 8.78 Å². The quantitative estimate of drug-likeness (QED) is 0.323. The molecule has 1 aliphatic carbocycles. The number of rotatable bonds is 8. The molecule has 2 rings (SSSR count). The first-order valence-corrected chi connectivity index (χ1v) is 10.2. The first kappa shape index (κ1) is 23.4. The van der Waals surface area contributed by atoms with E-state index in [2.05, 4.69) is 11.8 Å². The molecule has 6 atom stereocenters. The van der Waals surface area contributed by atoms with Crippen LogP contribution < -0.4 is 0 Å². The fraction of sp³-hybridized carbons (Fsp3) is 0.682. The van der Waals surface area contributed by atoms with Crippen molar-refractivity contribution in [2.45, 2.75) is 76.6 Å². The first-order valence-electron chi connectivity index (χ1n) is 10.2. The molecule has 7 heteroatoms. The van der Waals surface area contributed by atoms with Crippen LogP contribution >= 0.6 is 0 Å². The zero-order valence-corrected chi connectivity index (χ0v) is 16.9. The van der Waals surface area contributed by atoms with Gasteiger partial charge in [0.2, 0.25) is 0 Å². The van der Waals surface area contributed by atoms with E-state index in [9.17, 15) is 23.8 Å². The topological polar surface area (TPSA) is 87.0 Å². The summed E-state index contributed by atoms with van der Waals surface area (Å²) >= 11 is 0. The Morgan fingerprint density at radius 1 is 1.41 bits per heavy atom. The lowest BCUT2D eigenvalue weighted by atomic mass is 9.87. The third kappa shape index (κ3) is 5.80. The number of unbranched alkanes of at least 4 members (excludes halogenated alkanes) is 1. The maximum Gasteiger partial charge on any atom is 0.310 e. The maximum atomic E-state index is 14.9. The minimum absolute atomic E-state index is 0.0923. The second-order valence-electron chi connectivity index (χ2n) is 7.80. The smallest absolute Gasteiger partial charge is 0.310 e. The summed E-state index contributed by atoms with van der Waals surface area (Å²) in [5, 5.41) is 29.2. The molecular formula is C22H30F2O5. The Labute approximate surface area is 170 Å². The number of alkyl halides is 2. The number of halogens is 2. The summed E-state index contributed by atoms with van der Waals surface area (Å²) in [4.78, 5) is 10.5. The number of aliphatic carboxylic acids is 1. The lowest BCUT2D eigenvalue weighted by Gasteiger charge is -2.23. The van der Waals surface area contributed by atoms with Crippen molar-refractivity contribution < 1.29 is 33.6 Å². The van der Waals surface area contributed by atoms with E-state index >= 15 is 0 Å². The minimum Gasteiger partial charge on any atom is -0.488 e. The molecule has 5 nitrogen and oxygen atoms in total. The number of fused-ring (bicyclic) bond motifs is 1. The minimum atomic E-state index is -3.25. The molecule has 0 unspecified atom stereocenters. The monoisotopic (exact) mass is 412 g/mol. The Morgan fingerprint density at radius 3 is 2.79 bits per heavy atom. The van der Waals surface area contributed by atoms with Gasteiger partial charge in [-0.25, -0.2) is 0 Å². The van der Waals surface area contributed by atoms with Gasteiger partial charge in [0.05, 0.1) is 18.1 Å². The molecule has 1 aliphatic heterocycles. The number of hydrogen-bond donors (Lipinski definition) is 3. The highest BCUT2D eigenvalue weighted by Gasteiger charge is 2.63. The molecule has 29 heavy (non-hydrogen) atoms. The van der Waals surface area contributed by atoms with Crippen LogP contribution in [0.5, 0.6) is 0 Å². The van der Waals surface area contributed by atoms with Gasteiger partial charge in [-0.05, 0) is 24.8 Å². The zero-order valence-electron chi connectivity index (χ0n) is 16.9. The molecule has 162 valence electrons. The molecule has 0 bridgehead atoms. The number of ether oxygens (including phenoxy) is 1. The number of carboxylic acids is 1. The second-order valence-corrected chi connectivity index (χ2v) is 7.80. The van der Waals surface area contributed by atoms with Crippen molar-refractivity contribution in [3.05, 3.63) is 24.0 Å². The van der Waals surface area contributed by atoms with Crippen molar-refractivity contribution in [1.82, 2.24) is 0 Å². The maximum absolute atomic E-state index is 14.9. The first-order chi connectivity index (χ1) is 13.7. The highest BCUT2D eigenvalue weighted by Crippen LogP contribution is 2.54. The third-order valence-electron chi connectivity index (χ3n) is 5.52. The Kier molecular flexibility index (Phi) is 8.23. The molecule has 0 amide bonds. The number of carbonyl (C=O) groups is 1. The van der Waals surface area contributed by atoms with Gasteiger partial charge >= 0.3 is 11.9 Å². The molecule has 2 fully saturated rings. The molecule has 3 N–H and O–H groups in total. The van der Waals surface area contributed by atoms with Crippen LogP contribution in [0.4, 0.5) is 8.78 Å². The van der Waals surface area contributed by atoms with Crippen LogP contribution in [0.15, 0.2) is 24.0 Å². The molecule has 1 heterocycles. The number of aliphatic hydroxyl groups excluding tert-OH is 2. The normalized spacial score (nSPS) is 31.2. The van der Waals surface area contributed by atoms with Crippen LogP contribution in [0.1, 0.15) is 52.4 Å². The average Bonchev–Trinajstić information content (AvgIpc) is 3.09. The van der Waals surface area contributed by atoms with Gasteiger partial charge in [-0.3, -0.25) is 4.79 Å². The van der Waals surface area contributed by atoms with Gasteiger partial charge in [0.15, 0.2) is 5.76 Å². The van der Waals surface area contributed by atoms with Crippen LogP contribution in [0.2, 0.25) is 0 Å². The van der Waals surface area contributed by atoms with Crippen molar-refractivity contribution in [2.24, 2.45) is 17.8 Å². The molecule has 0 radical (unpaired) electrons. The van der Waals surface area contributed by atoms with E-state index in [1.165, 1.54) is 18.2 Å². The molecule has 0 spiro atoms. The highest BCUT2D eigenvalue weighted by molar-refractivity contribution is 5.66. The van der Waals surface area contributed by atoms with E-state index in [4.69, 9.17) is 9.84 Å². The summed E-state index contributed by atoms with van der Waals surface area (Å²) in [7, 11) is 0. The SMILES string of the molecule is CCC#CC[C@@H](C)[C@H](O)/C=C/[C@@H]1[C@@H]2[C@H](C[C@H]1O)OC(=CCCCC(=O)O)C2(F)F. The fourth-order valence-electron chi connectivity index (χ4n) is 3.86. The molecule has 1 saturated carbocycles. The van der Waals surface area contributed by atoms with Crippen LogP contribution in [0.25, 0.3) is 0 Å². The predicted octanol–water partition coefficient (Wildman–Crippen LogP) is 3.51. The van der Waals surface area contributed by atoms with E-state index in [-0.39, 0.29) is 31.6 Å². The Morgan fingerprint density at radius 2 is 2.14 bits per heavy atom. The molecule has 1 saturated heterocycles. The summed E-state index contributed by atoms with van der Waals surface area (Å²) in [6, 6.07) is 0. The summed E-state index contributed by atoms with van der Waals surface area (Å²) in [6.45, 7) is 3.77. The summed E-state index contributed by atoms with van der Waals surface area (Å²) < 4.78 is 35.3. The fourth-order valence-corrected chi connectivity index (χ4v) is 3.86. The third-order valence-corrected chi connectivity index (χ3v) is 5.52. The zero-order chi connectivity index (χ0) is 21.6. The van der Waals surface area contributed by atoms with Gasteiger partial charge < -0.3 is 20.1 Å². The van der Waals surface area contributed by atoms with Crippen molar-refractivity contribution in [3.8, 4) is 11.8 Å². The predicted molar refractivity (Wildman–Crippen MR) is 104 cm³/mol. The van der Waals surface area contributed by atoms with Gasteiger partial charge in [0.25, 0.3) is 0 Å². The molecule has 2 aliphatic rings. The van der Waals surface area contributed by atoms with Gasteiger partial charge in [0, 0.05) is 31.6 Å². The molecule has 0 aromatic heterocycles. The average molecular weight is 412 g/mol. The van der Waals surface area contributed by atoms with Crippen LogP contribution in [0, 0.1) is 29.6 Å². The number of aliphatic hydroxyl groups is 2. The van der Waals surface area contributed by atoms with E-state index < -0.39 is 47.8 Å². The van der Waals surface area contributed by atoms with Crippen molar-refractivity contribution >= 4 is 5.97 Å². The molecule has 0 aromatic carbocycles. The van der Waals surface area contributed by atoms with Crippen LogP contribution in [0.3, 0.4) is 0 Å². The lowest BCUT2D eigenvalue weighted by Crippen LogP contribution is -2.33. The van der Waals surface area contributed by atoms with Gasteiger partial charge in [-0.1, -0.05) is 26.0 Å². The Hall–Kier alpha value is -1.91. The summed E-state index contributed by atoms with van der Waals surface area (Å²) in [5.41, 5.74) is 0. The van der Waals surface area contributed by atoms with Gasteiger partial charge in [-0.15, -0.1) is 11.8 Å². The van der Waals surface area contributed by atoms with Gasteiger partial charge in [0.1, 0.15) is 6.10 Å². The number of carboxylic acid groups (broad SMARTS) is 1. The second kappa shape index (κ2) is 10.2. The molecule has 0 aromatic rings. The standard InChI is InChI=1S/C22H30F2O5/c1-3-4-5-8-14(2)16(25)12-11-15-17(26)13-18-21(15)22(23,24)19(29-18)9-6-7-10-20(27)28/h9,11-12,14-18,21,25-26H,3,6-8,10,13H2,1-2H3,(H,27,28)/b12-11+,19-9?/t14-,15+,16-,17-,18+,21-/m1/s1. The Balaban J connectivity index is 2.05. The van der Waals surface area contributed by atoms with Crippen molar-refractivity contribution in [2.75, 3.05) is 0 Å². The van der Waals surface area contributed by atoms with E-state index in [1.807, 2.05) is 13.8 Å². The van der Waals surface area contributed by atoms with Crippen molar-refractivity contribution in [3.63, 3.8) is 0 Å². The van der Waals surface area contributed by atoms with Crippen LogP contribution in [-0.2, 0) is 9.53 Å².